The zero-order valence-corrected chi connectivity index (χ0v) is 17.2. The maximum absolute atomic E-state index is 12.9. The van der Waals surface area contributed by atoms with E-state index in [0.717, 1.165) is 17.0 Å². The van der Waals surface area contributed by atoms with Gasteiger partial charge in [0.2, 0.25) is 0 Å². The van der Waals surface area contributed by atoms with E-state index in [1.54, 1.807) is 36.0 Å². The lowest BCUT2D eigenvalue weighted by atomic mass is 10.2. The first kappa shape index (κ1) is 21.9. The van der Waals surface area contributed by atoms with E-state index in [-0.39, 0.29) is 5.69 Å². The van der Waals surface area contributed by atoms with Crippen molar-refractivity contribution >= 4 is 40.8 Å². The van der Waals surface area contributed by atoms with Gasteiger partial charge in [0.15, 0.2) is 0 Å². The molecule has 0 aliphatic carbocycles. The Hall–Kier alpha value is -2.84. The number of nitrogens with one attached hydrogen (secondary N) is 2. The van der Waals surface area contributed by atoms with Gasteiger partial charge in [0.1, 0.15) is 11.5 Å². The van der Waals surface area contributed by atoms with Crippen LogP contribution in [-0.2, 0) is 6.18 Å². The number of benzene rings is 3. The number of ether oxygens (including phenoxy) is 1. The van der Waals surface area contributed by atoms with Crippen molar-refractivity contribution in [3.63, 3.8) is 0 Å². The van der Waals surface area contributed by atoms with Crippen molar-refractivity contribution < 1.29 is 22.7 Å². The second-order valence-corrected chi connectivity index (χ2v) is 7.36. The Balaban J connectivity index is 1.60. The molecule has 0 heterocycles. The monoisotopic (exact) mass is 452 g/mol. The highest BCUT2D eigenvalue weighted by molar-refractivity contribution is 7.98. The van der Waals surface area contributed by atoms with E-state index in [1.165, 1.54) is 6.07 Å². The number of hydrogen-bond donors (Lipinski definition) is 2. The fourth-order valence-electron chi connectivity index (χ4n) is 2.50. The molecule has 2 amide bonds. The van der Waals surface area contributed by atoms with E-state index < -0.39 is 22.8 Å². The Labute approximate surface area is 180 Å². The molecule has 3 aromatic rings. The summed E-state index contributed by atoms with van der Waals surface area (Å²) in [7, 11) is 0. The summed E-state index contributed by atoms with van der Waals surface area (Å²) in [6.45, 7) is 0. The Morgan fingerprint density at radius 3 is 2.00 bits per heavy atom. The van der Waals surface area contributed by atoms with Crippen LogP contribution in [0.15, 0.2) is 71.6 Å². The van der Waals surface area contributed by atoms with E-state index >= 15 is 0 Å². The average Bonchev–Trinajstić information content (AvgIpc) is 2.70. The van der Waals surface area contributed by atoms with Gasteiger partial charge in [-0.25, -0.2) is 4.79 Å². The van der Waals surface area contributed by atoms with E-state index in [1.807, 2.05) is 30.5 Å². The molecule has 0 aromatic heterocycles. The van der Waals surface area contributed by atoms with Gasteiger partial charge in [-0.2, -0.15) is 13.2 Å². The molecule has 30 heavy (non-hydrogen) atoms. The van der Waals surface area contributed by atoms with E-state index in [0.29, 0.717) is 17.2 Å². The van der Waals surface area contributed by atoms with Crippen molar-refractivity contribution in [2.75, 3.05) is 16.9 Å². The van der Waals surface area contributed by atoms with Crippen LogP contribution in [0.1, 0.15) is 5.56 Å². The number of halogens is 4. The Morgan fingerprint density at radius 1 is 0.900 bits per heavy atom. The van der Waals surface area contributed by atoms with Gasteiger partial charge in [-0.05, 0) is 73.0 Å². The number of anilines is 2. The van der Waals surface area contributed by atoms with Crippen LogP contribution in [-0.4, -0.2) is 12.3 Å². The lowest BCUT2D eigenvalue weighted by molar-refractivity contribution is -0.137. The molecule has 2 N–H and O–H groups in total. The smallest absolute Gasteiger partial charge is 0.417 e. The van der Waals surface area contributed by atoms with Crippen LogP contribution in [0, 0.1) is 0 Å². The molecule has 0 bridgehead atoms. The number of thioether (sulfide) groups is 1. The zero-order chi connectivity index (χ0) is 21.7. The van der Waals surface area contributed by atoms with E-state index in [9.17, 15) is 18.0 Å². The molecule has 0 saturated heterocycles. The third-order valence-electron chi connectivity index (χ3n) is 3.94. The molecule has 0 spiro atoms. The summed E-state index contributed by atoms with van der Waals surface area (Å²) in [6.07, 6.45) is -2.63. The first-order chi connectivity index (χ1) is 14.2. The van der Waals surface area contributed by atoms with Crippen LogP contribution in [0.3, 0.4) is 0 Å². The first-order valence-corrected chi connectivity index (χ1v) is 10.2. The topological polar surface area (TPSA) is 50.4 Å². The highest BCUT2D eigenvalue weighted by atomic mass is 35.5. The summed E-state index contributed by atoms with van der Waals surface area (Å²) in [5.74, 6) is 1.25. The molecule has 9 heteroatoms. The molecule has 0 radical (unpaired) electrons. The lowest BCUT2D eigenvalue weighted by Crippen LogP contribution is -2.19. The Kier molecular flexibility index (Phi) is 6.79. The van der Waals surface area contributed by atoms with Crippen LogP contribution >= 0.6 is 23.4 Å². The minimum absolute atomic E-state index is 0.0298. The standard InChI is InChI=1S/C21H16ClF3N2O2S/c1-30-17-9-7-16(8-10-17)29-15-5-2-13(3-6-15)26-20(28)27-14-4-11-19(22)18(12-14)21(23,24)25/h2-12H,1H3,(H2,26,27,28). The quantitative estimate of drug-likeness (QED) is 0.393. The first-order valence-electron chi connectivity index (χ1n) is 8.61. The molecule has 156 valence electrons. The fraction of sp³-hybridized carbons (Fsp3) is 0.0952. The number of rotatable bonds is 5. The molecule has 0 fully saturated rings. The SMILES string of the molecule is CSc1ccc(Oc2ccc(NC(=O)Nc3ccc(Cl)c(C(F)(F)F)c3)cc2)cc1. The summed E-state index contributed by atoms with van der Waals surface area (Å²) in [4.78, 5) is 13.2. The highest BCUT2D eigenvalue weighted by Crippen LogP contribution is 2.36. The summed E-state index contributed by atoms with van der Waals surface area (Å²) in [5.41, 5.74) is -0.602. The fourth-order valence-corrected chi connectivity index (χ4v) is 3.13. The van der Waals surface area contributed by atoms with Gasteiger partial charge >= 0.3 is 12.2 Å². The molecule has 3 aromatic carbocycles. The Morgan fingerprint density at radius 2 is 1.43 bits per heavy atom. The number of carbonyl (C=O) groups is 1. The number of hydrogen-bond acceptors (Lipinski definition) is 3. The number of carbonyl (C=O) groups excluding carboxylic acids is 1. The van der Waals surface area contributed by atoms with Crippen molar-refractivity contribution in [3.8, 4) is 11.5 Å². The van der Waals surface area contributed by atoms with Gasteiger partial charge in [0.05, 0.1) is 10.6 Å². The Bertz CT molecular complexity index is 1030. The van der Waals surface area contributed by atoms with Gasteiger partial charge in [0.25, 0.3) is 0 Å². The maximum atomic E-state index is 12.9. The molecule has 3 rings (SSSR count). The van der Waals surface area contributed by atoms with E-state index in [4.69, 9.17) is 16.3 Å². The molecular formula is C21H16ClF3N2O2S. The number of amides is 2. The van der Waals surface area contributed by atoms with Gasteiger partial charge in [-0.3, -0.25) is 0 Å². The molecule has 0 unspecified atom stereocenters. The molecule has 0 atom stereocenters. The van der Waals surface area contributed by atoms with Crippen LogP contribution in [0.25, 0.3) is 0 Å². The van der Waals surface area contributed by atoms with Gasteiger partial charge < -0.3 is 15.4 Å². The maximum Gasteiger partial charge on any atom is 0.417 e. The summed E-state index contributed by atoms with van der Waals surface area (Å²) in [5, 5.41) is 4.46. The van der Waals surface area contributed by atoms with Crippen molar-refractivity contribution in [1.29, 1.82) is 0 Å². The summed E-state index contributed by atoms with van der Waals surface area (Å²) in [6, 6.07) is 16.6. The zero-order valence-electron chi connectivity index (χ0n) is 15.6. The van der Waals surface area contributed by atoms with Gasteiger partial charge in [-0.15, -0.1) is 11.8 Å². The molecule has 0 aliphatic rings. The number of alkyl halides is 3. The minimum Gasteiger partial charge on any atom is -0.457 e. The summed E-state index contributed by atoms with van der Waals surface area (Å²) >= 11 is 7.20. The molecule has 4 nitrogen and oxygen atoms in total. The lowest BCUT2D eigenvalue weighted by Gasteiger charge is -2.12. The van der Waals surface area contributed by atoms with Crippen LogP contribution < -0.4 is 15.4 Å². The largest absolute Gasteiger partial charge is 0.457 e. The second-order valence-electron chi connectivity index (χ2n) is 6.07. The van der Waals surface area contributed by atoms with E-state index in [2.05, 4.69) is 10.6 Å². The van der Waals surface area contributed by atoms with Crippen molar-refractivity contribution in [2.24, 2.45) is 0 Å². The third-order valence-corrected chi connectivity index (χ3v) is 5.01. The van der Waals surface area contributed by atoms with Gasteiger partial charge in [0, 0.05) is 16.3 Å². The molecule has 0 saturated carbocycles. The van der Waals surface area contributed by atoms with Crippen LogP contribution in [0.2, 0.25) is 5.02 Å². The highest BCUT2D eigenvalue weighted by Gasteiger charge is 2.33. The van der Waals surface area contributed by atoms with Crippen molar-refractivity contribution in [3.05, 3.63) is 77.3 Å². The van der Waals surface area contributed by atoms with Crippen LogP contribution in [0.4, 0.5) is 29.3 Å². The number of urea groups is 1. The normalized spacial score (nSPS) is 11.1. The minimum atomic E-state index is -4.61. The molecular weight excluding hydrogens is 437 g/mol. The predicted molar refractivity (Wildman–Crippen MR) is 114 cm³/mol. The molecule has 0 aliphatic heterocycles. The second kappa shape index (κ2) is 9.32. The van der Waals surface area contributed by atoms with Crippen molar-refractivity contribution in [1.82, 2.24) is 0 Å². The van der Waals surface area contributed by atoms with Gasteiger partial charge in [-0.1, -0.05) is 11.6 Å². The summed E-state index contributed by atoms with van der Waals surface area (Å²) < 4.78 is 44.5. The third kappa shape index (κ3) is 5.84. The van der Waals surface area contributed by atoms with Crippen LogP contribution in [0.5, 0.6) is 11.5 Å². The predicted octanol–water partition coefficient (Wildman–Crippen LogP) is 7.52. The van der Waals surface area contributed by atoms with Crippen molar-refractivity contribution in [2.45, 2.75) is 11.1 Å². The average molecular weight is 453 g/mol.